The zero-order valence-corrected chi connectivity index (χ0v) is 14.8. The number of rotatable bonds is 2. The molecule has 0 atom stereocenters. The van der Waals surface area contributed by atoms with E-state index in [1.807, 2.05) is 18.2 Å². The molecule has 3 aromatic rings. The van der Waals surface area contributed by atoms with Crippen LogP contribution < -0.4 is 4.74 Å². The molecule has 0 radical (unpaired) electrons. The first-order chi connectivity index (χ1) is 10.0. The Balaban J connectivity index is 2.38. The van der Waals surface area contributed by atoms with Gasteiger partial charge in [-0.25, -0.2) is 4.39 Å². The zero-order valence-electron chi connectivity index (χ0n) is 10.8. The number of para-hydroxylation sites is 1. The van der Waals surface area contributed by atoms with Crippen LogP contribution >= 0.6 is 44.1 Å². The number of H-pyrrole nitrogens is 1. The lowest BCUT2D eigenvalue weighted by Crippen LogP contribution is -1.97. The second kappa shape index (κ2) is 5.55. The van der Waals surface area contributed by atoms with Crippen LogP contribution in [0.15, 0.2) is 39.3 Å². The Morgan fingerprint density at radius 3 is 2.71 bits per heavy atom. The van der Waals surface area contributed by atoms with E-state index < -0.39 is 0 Å². The monoisotopic (exact) mass is 430 g/mol. The summed E-state index contributed by atoms with van der Waals surface area (Å²) in [6, 6.07) is 8.57. The van der Waals surface area contributed by atoms with Gasteiger partial charge in [-0.1, -0.05) is 6.07 Å². The summed E-state index contributed by atoms with van der Waals surface area (Å²) < 4.78 is 23.0. The molecule has 0 fully saturated rings. The van der Waals surface area contributed by atoms with Crippen molar-refractivity contribution in [2.24, 2.45) is 0 Å². The lowest BCUT2D eigenvalue weighted by atomic mass is 10.2. The van der Waals surface area contributed by atoms with Crippen molar-refractivity contribution >= 4 is 55.1 Å². The van der Waals surface area contributed by atoms with Crippen LogP contribution in [0.4, 0.5) is 4.39 Å². The minimum absolute atomic E-state index is 0.336. The molecule has 0 bridgehead atoms. The molecule has 0 spiro atoms. The molecule has 0 amide bonds. The molecule has 0 saturated heterocycles. The fourth-order valence-corrected chi connectivity index (χ4v) is 3.81. The highest BCUT2D eigenvalue weighted by Gasteiger charge is 2.14. The molecule has 0 saturated carbocycles. The van der Waals surface area contributed by atoms with E-state index in [0.29, 0.717) is 21.6 Å². The third kappa shape index (κ3) is 2.43. The van der Waals surface area contributed by atoms with E-state index in [1.165, 1.54) is 6.07 Å². The van der Waals surface area contributed by atoms with E-state index in [4.69, 9.17) is 17.0 Å². The van der Waals surface area contributed by atoms with E-state index >= 15 is 0 Å². The van der Waals surface area contributed by atoms with Gasteiger partial charge in [0.05, 0.1) is 22.8 Å². The Kier molecular flexibility index (Phi) is 3.90. The predicted octanol–water partition coefficient (Wildman–Crippen LogP) is 5.36. The number of aromatic nitrogens is 2. The summed E-state index contributed by atoms with van der Waals surface area (Å²) in [5, 5.41) is 0. The van der Waals surface area contributed by atoms with Gasteiger partial charge in [0, 0.05) is 10.5 Å². The van der Waals surface area contributed by atoms with E-state index in [0.717, 1.165) is 14.6 Å². The highest BCUT2D eigenvalue weighted by Crippen LogP contribution is 2.35. The molecule has 1 heterocycles. The molecule has 3 rings (SSSR count). The SMILES string of the molecule is COc1cc(-n2c(=S)[nH]c3c(F)cccc32)c(Br)cc1Br. The molecular weight excluding hydrogens is 423 g/mol. The van der Waals surface area contributed by atoms with Gasteiger partial charge in [0.15, 0.2) is 4.77 Å². The molecule has 21 heavy (non-hydrogen) atoms. The normalized spacial score (nSPS) is 11.0. The second-order valence-electron chi connectivity index (χ2n) is 4.34. The summed E-state index contributed by atoms with van der Waals surface area (Å²) >= 11 is 12.3. The topological polar surface area (TPSA) is 29.9 Å². The molecule has 0 aliphatic rings. The molecular formula is C14H9Br2FN2OS. The molecule has 3 nitrogen and oxygen atoms in total. The van der Waals surface area contributed by atoms with Crippen LogP contribution in [-0.2, 0) is 0 Å². The standard InChI is InChI=1S/C14H9Br2FN2OS/c1-20-12-6-11(7(15)5-8(12)16)19-10-4-2-3-9(17)13(10)18-14(19)21/h2-6H,1H3,(H,18,21). The number of fused-ring (bicyclic) bond motifs is 1. The van der Waals surface area contributed by atoms with Crippen molar-refractivity contribution < 1.29 is 9.13 Å². The van der Waals surface area contributed by atoms with Crippen molar-refractivity contribution in [1.29, 1.82) is 0 Å². The zero-order chi connectivity index (χ0) is 15.1. The van der Waals surface area contributed by atoms with Gasteiger partial charge in [0.25, 0.3) is 0 Å². The van der Waals surface area contributed by atoms with Crippen LogP contribution in [0.25, 0.3) is 16.7 Å². The van der Waals surface area contributed by atoms with E-state index in [-0.39, 0.29) is 5.82 Å². The number of halogens is 3. The Labute approximate surface area is 142 Å². The van der Waals surface area contributed by atoms with Crippen LogP contribution in [0.5, 0.6) is 5.75 Å². The van der Waals surface area contributed by atoms with Gasteiger partial charge >= 0.3 is 0 Å². The largest absolute Gasteiger partial charge is 0.495 e. The summed E-state index contributed by atoms with van der Waals surface area (Å²) in [5.41, 5.74) is 1.83. The fourth-order valence-electron chi connectivity index (χ4n) is 2.18. The minimum atomic E-state index is -0.336. The van der Waals surface area contributed by atoms with E-state index in [9.17, 15) is 4.39 Å². The molecule has 7 heteroatoms. The number of benzene rings is 2. The number of hydrogen-bond acceptors (Lipinski definition) is 2. The van der Waals surface area contributed by atoms with Crippen LogP contribution in [0, 0.1) is 10.6 Å². The fraction of sp³-hybridized carbons (Fsp3) is 0.0714. The highest BCUT2D eigenvalue weighted by atomic mass is 79.9. The number of nitrogens with zero attached hydrogens (tertiary/aromatic N) is 1. The minimum Gasteiger partial charge on any atom is -0.495 e. The van der Waals surface area contributed by atoms with Gasteiger partial charge in [-0.05, 0) is 62.3 Å². The molecule has 108 valence electrons. The molecule has 0 aliphatic carbocycles. The first-order valence-corrected chi connectivity index (χ1v) is 7.95. The predicted molar refractivity (Wildman–Crippen MR) is 90.4 cm³/mol. The summed E-state index contributed by atoms with van der Waals surface area (Å²) in [5.74, 6) is 0.332. The van der Waals surface area contributed by atoms with Gasteiger partial charge in [-0.2, -0.15) is 0 Å². The summed E-state index contributed by atoms with van der Waals surface area (Å²) in [6.07, 6.45) is 0. The Bertz CT molecular complexity index is 904. The van der Waals surface area contributed by atoms with Gasteiger partial charge in [0.2, 0.25) is 0 Å². The van der Waals surface area contributed by atoms with Crippen molar-refractivity contribution in [3.05, 3.63) is 49.9 Å². The number of imidazole rings is 1. The van der Waals surface area contributed by atoms with Crippen molar-refractivity contribution in [2.45, 2.75) is 0 Å². The smallest absolute Gasteiger partial charge is 0.182 e. The average Bonchev–Trinajstić information content (AvgIpc) is 2.77. The first-order valence-electron chi connectivity index (χ1n) is 5.95. The van der Waals surface area contributed by atoms with Gasteiger partial charge in [-0.15, -0.1) is 0 Å². The lowest BCUT2D eigenvalue weighted by Gasteiger charge is -2.11. The lowest BCUT2D eigenvalue weighted by molar-refractivity contribution is 0.412. The summed E-state index contributed by atoms with van der Waals surface area (Å²) in [6.45, 7) is 0. The van der Waals surface area contributed by atoms with Gasteiger partial charge in [-0.3, -0.25) is 4.57 Å². The maximum atomic E-state index is 13.9. The van der Waals surface area contributed by atoms with Crippen molar-refractivity contribution in [1.82, 2.24) is 9.55 Å². The van der Waals surface area contributed by atoms with Crippen molar-refractivity contribution in [3.63, 3.8) is 0 Å². The van der Waals surface area contributed by atoms with Gasteiger partial charge in [0.1, 0.15) is 17.1 Å². The van der Waals surface area contributed by atoms with Gasteiger partial charge < -0.3 is 9.72 Å². The third-order valence-electron chi connectivity index (χ3n) is 3.13. The van der Waals surface area contributed by atoms with Crippen molar-refractivity contribution in [2.75, 3.05) is 7.11 Å². The number of methoxy groups -OCH3 is 1. The maximum absolute atomic E-state index is 13.9. The van der Waals surface area contributed by atoms with Crippen molar-refractivity contribution in [3.8, 4) is 11.4 Å². The molecule has 0 aliphatic heterocycles. The summed E-state index contributed by atoms with van der Waals surface area (Å²) in [4.78, 5) is 2.90. The number of aromatic amines is 1. The number of hydrogen-bond donors (Lipinski definition) is 1. The van der Waals surface area contributed by atoms with Crippen LogP contribution in [0.2, 0.25) is 0 Å². The molecule has 2 aromatic carbocycles. The maximum Gasteiger partial charge on any atom is 0.182 e. The van der Waals surface area contributed by atoms with Crippen LogP contribution in [0.3, 0.4) is 0 Å². The molecule has 1 aromatic heterocycles. The highest BCUT2D eigenvalue weighted by molar-refractivity contribution is 9.11. The average molecular weight is 432 g/mol. The second-order valence-corrected chi connectivity index (χ2v) is 6.43. The number of nitrogens with one attached hydrogen (secondary N) is 1. The number of ether oxygens (including phenoxy) is 1. The van der Waals surface area contributed by atoms with Crippen LogP contribution in [0.1, 0.15) is 0 Å². The first kappa shape index (κ1) is 14.7. The van der Waals surface area contributed by atoms with E-state index in [1.54, 1.807) is 17.7 Å². The molecule has 0 unspecified atom stereocenters. The molecule has 1 N–H and O–H groups in total. The summed E-state index contributed by atoms with van der Waals surface area (Å²) in [7, 11) is 1.59. The Hall–Kier alpha value is -1.18. The Morgan fingerprint density at radius 2 is 2.00 bits per heavy atom. The van der Waals surface area contributed by atoms with E-state index in [2.05, 4.69) is 36.8 Å². The quantitative estimate of drug-likeness (QED) is 0.553. The van der Waals surface area contributed by atoms with Crippen LogP contribution in [-0.4, -0.2) is 16.7 Å². The third-order valence-corrected chi connectivity index (χ3v) is 4.67. The Morgan fingerprint density at radius 1 is 1.24 bits per heavy atom.